The van der Waals surface area contributed by atoms with E-state index in [0.29, 0.717) is 5.88 Å². The van der Waals surface area contributed by atoms with Gasteiger partial charge < -0.3 is 4.57 Å². The molecular formula is C16H19ClN4. The highest BCUT2D eigenvalue weighted by Gasteiger charge is 2.17. The summed E-state index contributed by atoms with van der Waals surface area (Å²) in [6.45, 7) is 4.89. The zero-order chi connectivity index (χ0) is 15.0. The van der Waals surface area contributed by atoms with E-state index in [1.807, 2.05) is 18.7 Å². The predicted octanol–water partition coefficient (Wildman–Crippen LogP) is 3.22. The molecule has 0 spiro atoms. The van der Waals surface area contributed by atoms with Gasteiger partial charge in [0.25, 0.3) is 0 Å². The van der Waals surface area contributed by atoms with Gasteiger partial charge in [-0.1, -0.05) is 29.8 Å². The number of halogens is 1. The van der Waals surface area contributed by atoms with Crippen LogP contribution >= 0.6 is 11.6 Å². The quantitative estimate of drug-likeness (QED) is 0.694. The van der Waals surface area contributed by atoms with E-state index in [-0.39, 0.29) is 0 Å². The summed E-state index contributed by atoms with van der Waals surface area (Å²) in [6, 6.07) is 8.60. The van der Waals surface area contributed by atoms with Crippen molar-refractivity contribution in [1.29, 1.82) is 0 Å². The van der Waals surface area contributed by atoms with Gasteiger partial charge in [0.05, 0.1) is 12.2 Å². The summed E-state index contributed by atoms with van der Waals surface area (Å²) in [5.41, 5.74) is 5.53. The minimum atomic E-state index is 0.573. The summed E-state index contributed by atoms with van der Waals surface area (Å²) in [7, 11) is 1.97. The molecule has 1 aromatic carbocycles. The van der Waals surface area contributed by atoms with E-state index in [1.165, 1.54) is 11.1 Å². The van der Waals surface area contributed by atoms with Crippen molar-refractivity contribution in [2.75, 3.05) is 5.88 Å². The molecule has 0 unspecified atom stereocenters. The van der Waals surface area contributed by atoms with Crippen molar-refractivity contribution in [1.82, 2.24) is 19.3 Å². The average molecular weight is 303 g/mol. The molecule has 0 fully saturated rings. The molecule has 0 atom stereocenters. The molecule has 3 rings (SSSR count). The molecular weight excluding hydrogens is 284 g/mol. The molecule has 0 saturated heterocycles. The van der Waals surface area contributed by atoms with E-state index in [1.54, 1.807) is 0 Å². The van der Waals surface area contributed by atoms with Gasteiger partial charge in [0, 0.05) is 19.3 Å². The van der Waals surface area contributed by atoms with Crippen molar-refractivity contribution in [3.8, 4) is 0 Å². The fourth-order valence-electron chi connectivity index (χ4n) is 2.70. The summed E-state index contributed by atoms with van der Waals surface area (Å²) < 4.78 is 4.13. The highest BCUT2D eigenvalue weighted by Crippen LogP contribution is 2.21. The Bertz CT molecular complexity index is 768. The van der Waals surface area contributed by atoms with Crippen LogP contribution in [0.1, 0.15) is 22.6 Å². The lowest BCUT2D eigenvalue weighted by atomic mass is 10.1. The molecule has 0 bridgehead atoms. The van der Waals surface area contributed by atoms with Crippen molar-refractivity contribution in [3.63, 3.8) is 0 Å². The monoisotopic (exact) mass is 302 g/mol. The lowest BCUT2D eigenvalue weighted by molar-refractivity contribution is 0.692. The maximum Gasteiger partial charge on any atom is 0.158 e. The molecule has 3 aromatic rings. The smallest absolute Gasteiger partial charge is 0.158 e. The van der Waals surface area contributed by atoms with Gasteiger partial charge in [0.2, 0.25) is 0 Å². The Morgan fingerprint density at radius 1 is 1.14 bits per heavy atom. The maximum atomic E-state index is 5.93. The third kappa shape index (κ3) is 2.56. The topological polar surface area (TPSA) is 35.6 Å². The van der Waals surface area contributed by atoms with Crippen molar-refractivity contribution in [2.45, 2.75) is 26.8 Å². The molecule has 0 amide bonds. The van der Waals surface area contributed by atoms with Gasteiger partial charge in [-0.25, -0.2) is 4.98 Å². The number of imidazole rings is 1. The highest BCUT2D eigenvalue weighted by molar-refractivity contribution is 6.17. The van der Waals surface area contributed by atoms with Crippen LogP contribution in [-0.4, -0.2) is 25.2 Å². The van der Waals surface area contributed by atoms with Crippen LogP contribution in [0.25, 0.3) is 11.2 Å². The summed E-state index contributed by atoms with van der Waals surface area (Å²) in [5, 5.41) is 4.47. The molecule has 0 aliphatic heterocycles. The highest BCUT2D eigenvalue weighted by atomic mass is 35.5. The van der Waals surface area contributed by atoms with Gasteiger partial charge >= 0.3 is 0 Å². The Hall–Kier alpha value is -1.81. The van der Waals surface area contributed by atoms with E-state index < -0.39 is 0 Å². The van der Waals surface area contributed by atoms with Crippen LogP contribution in [-0.2, 0) is 20.0 Å². The molecule has 2 aromatic heterocycles. The van der Waals surface area contributed by atoms with Crippen LogP contribution < -0.4 is 0 Å². The summed E-state index contributed by atoms with van der Waals surface area (Å²) in [6.07, 6.45) is 0.765. The second-order valence-corrected chi connectivity index (χ2v) is 5.80. The molecule has 21 heavy (non-hydrogen) atoms. The standard InChI is InChI=1S/C16H19ClN4/c1-11-4-6-13(7-5-11)10-21-14(8-9-17)18-15-12(2)19-20(3)16(15)21/h4-7H,8-10H2,1-3H3. The summed E-state index contributed by atoms with van der Waals surface area (Å²) in [4.78, 5) is 4.73. The van der Waals surface area contributed by atoms with Crippen LogP contribution in [0.5, 0.6) is 0 Å². The SMILES string of the molecule is Cc1ccc(Cn2c(CCCl)nc3c(C)nn(C)c32)cc1. The van der Waals surface area contributed by atoms with Gasteiger partial charge in [-0.3, -0.25) is 4.68 Å². The molecule has 2 heterocycles. The first-order valence-electron chi connectivity index (χ1n) is 7.10. The Labute approximate surface area is 129 Å². The van der Waals surface area contributed by atoms with E-state index in [4.69, 9.17) is 16.6 Å². The van der Waals surface area contributed by atoms with Gasteiger partial charge in [-0.05, 0) is 19.4 Å². The van der Waals surface area contributed by atoms with Gasteiger partial charge in [-0.15, -0.1) is 11.6 Å². The molecule has 0 saturated carbocycles. The largest absolute Gasteiger partial charge is 0.308 e. The molecule has 0 aliphatic rings. The van der Waals surface area contributed by atoms with E-state index >= 15 is 0 Å². The first kappa shape index (κ1) is 14.1. The van der Waals surface area contributed by atoms with E-state index in [9.17, 15) is 0 Å². The number of hydrogen-bond acceptors (Lipinski definition) is 2. The van der Waals surface area contributed by atoms with E-state index in [2.05, 4.69) is 40.9 Å². The van der Waals surface area contributed by atoms with Crippen molar-refractivity contribution in [2.24, 2.45) is 7.05 Å². The van der Waals surface area contributed by atoms with Crippen LogP contribution in [0.4, 0.5) is 0 Å². The van der Waals surface area contributed by atoms with Crippen LogP contribution in [0.15, 0.2) is 24.3 Å². The molecule has 0 aliphatic carbocycles. The Morgan fingerprint density at radius 2 is 1.86 bits per heavy atom. The molecule has 4 nitrogen and oxygen atoms in total. The fourth-order valence-corrected chi connectivity index (χ4v) is 2.87. The third-order valence-corrected chi connectivity index (χ3v) is 3.94. The van der Waals surface area contributed by atoms with Gasteiger partial charge in [0.15, 0.2) is 5.65 Å². The number of fused-ring (bicyclic) bond motifs is 1. The zero-order valence-electron chi connectivity index (χ0n) is 12.6. The Kier molecular flexibility index (Phi) is 3.72. The van der Waals surface area contributed by atoms with Gasteiger partial charge in [-0.2, -0.15) is 5.10 Å². The second kappa shape index (κ2) is 5.53. The lowest BCUT2D eigenvalue weighted by Gasteiger charge is -2.09. The zero-order valence-corrected chi connectivity index (χ0v) is 13.4. The van der Waals surface area contributed by atoms with Crippen LogP contribution in [0.2, 0.25) is 0 Å². The Morgan fingerprint density at radius 3 is 2.52 bits per heavy atom. The number of benzene rings is 1. The van der Waals surface area contributed by atoms with Crippen molar-refractivity contribution in [3.05, 3.63) is 46.9 Å². The van der Waals surface area contributed by atoms with Crippen molar-refractivity contribution >= 4 is 22.8 Å². The number of hydrogen-bond donors (Lipinski definition) is 0. The lowest BCUT2D eigenvalue weighted by Crippen LogP contribution is -2.09. The minimum absolute atomic E-state index is 0.573. The Balaban J connectivity index is 2.10. The first-order valence-corrected chi connectivity index (χ1v) is 7.64. The van der Waals surface area contributed by atoms with Crippen LogP contribution in [0, 0.1) is 13.8 Å². The average Bonchev–Trinajstić information content (AvgIpc) is 2.93. The number of alkyl halides is 1. The number of rotatable bonds is 4. The minimum Gasteiger partial charge on any atom is -0.308 e. The maximum absolute atomic E-state index is 5.93. The second-order valence-electron chi connectivity index (χ2n) is 5.42. The van der Waals surface area contributed by atoms with Gasteiger partial charge in [0.1, 0.15) is 11.3 Å². The fraction of sp³-hybridized carbons (Fsp3) is 0.375. The number of aromatic nitrogens is 4. The molecule has 5 heteroatoms. The normalized spacial score (nSPS) is 11.4. The molecule has 0 N–H and O–H groups in total. The third-order valence-electron chi connectivity index (χ3n) is 3.75. The molecule has 110 valence electrons. The predicted molar refractivity (Wildman–Crippen MR) is 85.9 cm³/mol. The molecule has 0 radical (unpaired) electrons. The van der Waals surface area contributed by atoms with E-state index in [0.717, 1.165) is 35.6 Å². The first-order chi connectivity index (χ1) is 10.1. The van der Waals surface area contributed by atoms with Crippen LogP contribution in [0.3, 0.4) is 0 Å². The van der Waals surface area contributed by atoms with Crippen molar-refractivity contribution < 1.29 is 0 Å². The number of aryl methyl sites for hydroxylation is 4. The summed E-state index contributed by atoms with van der Waals surface area (Å²) >= 11 is 5.93. The summed E-state index contributed by atoms with van der Waals surface area (Å²) in [5.74, 6) is 1.60. The number of nitrogens with zero attached hydrogens (tertiary/aromatic N) is 4.